The lowest BCUT2D eigenvalue weighted by Gasteiger charge is -2.16. The molecule has 1 aromatic carbocycles. The zero-order chi connectivity index (χ0) is 15.1. The predicted molar refractivity (Wildman–Crippen MR) is 72.3 cm³/mol. The van der Waals surface area contributed by atoms with Gasteiger partial charge in [-0.25, -0.2) is 8.78 Å². The largest absolute Gasteiger partial charge is 0.491 e. The summed E-state index contributed by atoms with van der Waals surface area (Å²) in [4.78, 5) is 0. The van der Waals surface area contributed by atoms with E-state index in [1.807, 2.05) is 32.0 Å². The molecule has 0 radical (unpaired) electrons. The number of rotatable bonds is 8. The molecule has 0 saturated carbocycles. The van der Waals surface area contributed by atoms with Crippen LogP contribution in [0.15, 0.2) is 18.2 Å². The Kier molecular flexibility index (Phi) is 6.84. The molecule has 6 heteroatoms. The molecule has 0 spiro atoms. The van der Waals surface area contributed by atoms with E-state index in [1.54, 1.807) is 0 Å². The fourth-order valence-electron chi connectivity index (χ4n) is 1.69. The second-order valence-corrected chi connectivity index (χ2v) is 4.79. The summed E-state index contributed by atoms with van der Waals surface area (Å²) in [6.45, 7) is 3.75. The Labute approximate surface area is 117 Å². The van der Waals surface area contributed by atoms with E-state index in [0.717, 1.165) is 11.1 Å². The SMILES string of the molecule is Cc1ccc(OCC(O)CNCC(O)C(F)F)c(C)c1. The molecule has 0 aliphatic carbocycles. The minimum atomic E-state index is -2.79. The molecular formula is C14H21F2NO3. The van der Waals surface area contributed by atoms with Gasteiger partial charge in [0.05, 0.1) is 0 Å². The van der Waals surface area contributed by atoms with E-state index in [4.69, 9.17) is 9.84 Å². The Morgan fingerprint density at radius 3 is 2.50 bits per heavy atom. The minimum Gasteiger partial charge on any atom is -0.491 e. The Hall–Kier alpha value is -1.24. The molecule has 0 fully saturated rings. The van der Waals surface area contributed by atoms with Crippen molar-refractivity contribution in [3.63, 3.8) is 0 Å². The standard InChI is InChI=1S/C14H21F2NO3/c1-9-3-4-13(10(2)5-9)20-8-11(18)6-17-7-12(19)14(15)16/h3-5,11-12,14,17-19H,6-8H2,1-2H3. The topological polar surface area (TPSA) is 61.7 Å². The van der Waals surface area contributed by atoms with Gasteiger partial charge in [0.25, 0.3) is 6.43 Å². The predicted octanol–water partition coefficient (Wildman–Crippen LogP) is 1.26. The maximum atomic E-state index is 12.0. The van der Waals surface area contributed by atoms with Gasteiger partial charge in [0.1, 0.15) is 24.6 Å². The summed E-state index contributed by atoms with van der Waals surface area (Å²) in [6.07, 6.45) is -5.34. The second kappa shape index (κ2) is 8.14. The van der Waals surface area contributed by atoms with Gasteiger partial charge < -0.3 is 20.3 Å². The van der Waals surface area contributed by atoms with Crippen molar-refractivity contribution in [3.8, 4) is 5.75 Å². The Morgan fingerprint density at radius 2 is 1.90 bits per heavy atom. The highest BCUT2D eigenvalue weighted by molar-refractivity contribution is 5.35. The van der Waals surface area contributed by atoms with Gasteiger partial charge in [0, 0.05) is 13.1 Å². The molecule has 1 aromatic rings. The van der Waals surface area contributed by atoms with E-state index >= 15 is 0 Å². The van der Waals surface area contributed by atoms with Gasteiger partial charge >= 0.3 is 0 Å². The average Bonchev–Trinajstić information content (AvgIpc) is 2.37. The maximum absolute atomic E-state index is 12.0. The van der Waals surface area contributed by atoms with E-state index in [2.05, 4.69) is 5.32 Å². The Bertz CT molecular complexity index is 415. The van der Waals surface area contributed by atoms with Crippen LogP contribution in [0, 0.1) is 13.8 Å². The number of hydrogen-bond donors (Lipinski definition) is 3. The van der Waals surface area contributed by atoms with E-state index in [1.165, 1.54) is 0 Å². The molecule has 3 N–H and O–H groups in total. The third-order valence-corrected chi connectivity index (χ3v) is 2.79. The van der Waals surface area contributed by atoms with Crippen LogP contribution in [0.2, 0.25) is 0 Å². The number of benzene rings is 1. The molecule has 114 valence electrons. The van der Waals surface area contributed by atoms with Crippen molar-refractivity contribution in [1.29, 1.82) is 0 Å². The molecule has 0 amide bonds. The summed E-state index contributed by atoms with van der Waals surface area (Å²) in [7, 11) is 0. The fraction of sp³-hybridized carbons (Fsp3) is 0.571. The van der Waals surface area contributed by atoms with Crippen molar-refractivity contribution in [1.82, 2.24) is 5.32 Å². The molecule has 4 nitrogen and oxygen atoms in total. The van der Waals surface area contributed by atoms with Crippen molar-refractivity contribution in [2.75, 3.05) is 19.7 Å². The molecule has 0 bridgehead atoms. The quantitative estimate of drug-likeness (QED) is 0.674. The van der Waals surface area contributed by atoms with E-state index in [9.17, 15) is 13.9 Å². The number of aliphatic hydroxyl groups is 2. The first-order chi connectivity index (χ1) is 9.40. The first kappa shape index (κ1) is 16.8. The number of alkyl halides is 2. The van der Waals surface area contributed by atoms with Crippen LogP contribution in [0.4, 0.5) is 8.78 Å². The number of aliphatic hydroxyl groups excluding tert-OH is 2. The van der Waals surface area contributed by atoms with Crippen molar-refractivity contribution < 1.29 is 23.7 Å². The molecule has 0 aromatic heterocycles. The van der Waals surface area contributed by atoms with E-state index in [-0.39, 0.29) is 19.7 Å². The van der Waals surface area contributed by atoms with Gasteiger partial charge in [-0.1, -0.05) is 17.7 Å². The highest BCUT2D eigenvalue weighted by atomic mass is 19.3. The molecule has 20 heavy (non-hydrogen) atoms. The van der Waals surface area contributed by atoms with E-state index < -0.39 is 18.6 Å². The van der Waals surface area contributed by atoms with Gasteiger partial charge in [-0.15, -0.1) is 0 Å². The lowest BCUT2D eigenvalue weighted by atomic mass is 10.1. The third-order valence-electron chi connectivity index (χ3n) is 2.79. The summed E-state index contributed by atoms with van der Waals surface area (Å²) < 4.78 is 29.5. The summed E-state index contributed by atoms with van der Waals surface area (Å²) in [5, 5.41) is 21.1. The van der Waals surface area contributed by atoms with Crippen molar-refractivity contribution in [3.05, 3.63) is 29.3 Å². The van der Waals surface area contributed by atoms with Crippen molar-refractivity contribution in [2.24, 2.45) is 0 Å². The number of halogens is 2. The zero-order valence-electron chi connectivity index (χ0n) is 11.6. The summed E-state index contributed by atoms with van der Waals surface area (Å²) in [5.74, 6) is 0.683. The number of aryl methyl sites for hydroxylation is 2. The molecule has 2 atom stereocenters. The van der Waals surface area contributed by atoms with Gasteiger partial charge in [-0.2, -0.15) is 0 Å². The molecule has 0 heterocycles. The maximum Gasteiger partial charge on any atom is 0.265 e. The molecular weight excluding hydrogens is 268 g/mol. The molecule has 0 saturated heterocycles. The zero-order valence-corrected chi connectivity index (χ0v) is 11.6. The summed E-state index contributed by atoms with van der Waals surface area (Å²) >= 11 is 0. The van der Waals surface area contributed by atoms with Crippen LogP contribution in [0.3, 0.4) is 0 Å². The van der Waals surface area contributed by atoms with Crippen LogP contribution in [-0.4, -0.2) is 48.5 Å². The molecule has 1 rings (SSSR count). The first-order valence-corrected chi connectivity index (χ1v) is 6.45. The van der Waals surface area contributed by atoms with Gasteiger partial charge in [-0.05, 0) is 25.5 Å². The molecule has 0 aliphatic heterocycles. The summed E-state index contributed by atoms with van der Waals surface area (Å²) in [5.41, 5.74) is 2.09. The van der Waals surface area contributed by atoms with Crippen LogP contribution in [0.25, 0.3) is 0 Å². The van der Waals surface area contributed by atoms with Crippen molar-refractivity contribution >= 4 is 0 Å². The lowest BCUT2D eigenvalue weighted by Crippen LogP contribution is -2.38. The average molecular weight is 289 g/mol. The number of hydrogen-bond acceptors (Lipinski definition) is 4. The third kappa shape index (κ3) is 5.81. The van der Waals surface area contributed by atoms with Crippen LogP contribution in [0.5, 0.6) is 5.75 Å². The summed E-state index contributed by atoms with van der Waals surface area (Å²) in [6, 6.07) is 5.70. The second-order valence-electron chi connectivity index (χ2n) is 4.79. The normalized spacial score (nSPS) is 14.3. The van der Waals surface area contributed by atoms with Crippen LogP contribution >= 0.6 is 0 Å². The first-order valence-electron chi connectivity index (χ1n) is 6.45. The highest BCUT2D eigenvalue weighted by Crippen LogP contribution is 2.18. The number of ether oxygens (including phenoxy) is 1. The Balaban J connectivity index is 2.27. The van der Waals surface area contributed by atoms with Crippen LogP contribution in [0.1, 0.15) is 11.1 Å². The van der Waals surface area contributed by atoms with Crippen molar-refractivity contribution in [2.45, 2.75) is 32.5 Å². The molecule has 2 unspecified atom stereocenters. The Morgan fingerprint density at radius 1 is 1.20 bits per heavy atom. The monoisotopic (exact) mass is 289 g/mol. The smallest absolute Gasteiger partial charge is 0.265 e. The van der Waals surface area contributed by atoms with E-state index in [0.29, 0.717) is 5.75 Å². The minimum absolute atomic E-state index is 0.0572. The van der Waals surface area contributed by atoms with Crippen LogP contribution in [-0.2, 0) is 0 Å². The fourth-order valence-corrected chi connectivity index (χ4v) is 1.69. The van der Waals surface area contributed by atoms with Gasteiger partial charge in [0.2, 0.25) is 0 Å². The molecule has 0 aliphatic rings. The highest BCUT2D eigenvalue weighted by Gasteiger charge is 2.16. The lowest BCUT2D eigenvalue weighted by molar-refractivity contribution is -0.00530. The number of nitrogens with one attached hydrogen (secondary N) is 1. The van der Waals surface area contributed by atoms with Crippen LogP contribution < -0.4 is 10.1 Å². The van der Waals surface area contributed by atoms with Gasteiger partial charge in [0.15, 0.2) is 0 Å². The van der Waals surface area contributed by atoms with Gasteiger partial charge in [-0.3, -0.25) is 0 Å².